The number of esters is 1. The Morgan fingerprint density at radius 1 is 1.39 bits per heavy atom. The Labute approximate surface area is 165 Å². The molecule has 28 heavy (non-hydrogen) atoms. The number of ether oxygens (including phenoxy) is 2. The first-order valence-electron chi connectivity index (χ1n) is 9.90. The summed E-state index contributed by atoms with van der Waals surface area (Å²) in [6, 6.07) is 5.52. The molecule has 1 aromatic rings. The second-order valence-corrected chi connectivity index (χ2v) is 6.74. The van der Waals surface area contributed by atoms with E-state index in [9.17, 15) is 9.59 Å². The van der Waals surface area contributed by atoms with Crippen molar-refractivity contribution in [1.29, 1.82) is 0 Å². The smallest absolute Gasteiger partial charge is 0.325 e. The largest absolute Gasteiger partial charge is 0.494 e. The van der Waals surface area contributed by atoms with E-state index in [1.54, 1.807) is 13.0 Å². The topological polar surface area (TPSA) is 92.3 Å². The standard InChI is InChI=1S/C20H28N4O4/c1-2-27-18(25)14-24-11-7-15-13-16(5-6-17(15)19(24)26)28-12-4-10-23-20-21-8-3-9-22-20/h5-6,13H,2-4,7-12,14H2,1H3,(H2,21,22,23). The van der Waals surface area contributed by atoms with E-state index in [4.69, 9.17) is 9.47 Å². The number of amides is 1. The number of hydrogen-bond donors (Lipinski definition) is 2. The van der Waals surface area contributed by atoms with E-state index in [0.717, 1.165) is 49.7 Å². The Morgan fingerprint density at radius 3 is 3.07 bits per heavy atom. The lowest BCUT2D eigenvalue weighted by Crippen LogP contribution is -2.41. The molecule has 0 atom stereocenters. The Hall–Kier alpha value is -2.77. The van der Waals surface area contributed by atoms with Gasteiger partial charge in [0, 0.05) is 31.7 Å². The lowest BCUT2D eigenvalue weighted by molar-refractivity contribution is -0.143. The predicted octanol–water partition coefficient (Wildman–Crippen LogP) is 0.956. The zero-order valence-electron chi connectivity index (χ0n) is 16.3. The molecule has 0 bridgehead atoms. The predicted molar refractivity (Wildman–Crippen MR) is 106 cm³/mol. The van der Waals surface area contributed by atoms with Gasteiger partial charge in [-0.1, -0.05) is 0 Å². The highest BCUT2D eigenvalue weighted by atomic mass is 16.5. The first kappa shape index (κ1) is 20.0. The van der Waals surface area contributed by atoms with Crippen molar-refractivity contribution in [3.8, 4) is 5.75 Å². The Bertz CT molecular complexity index is 735. The van der Waals surface area contributed by atoms with Crippen molar-refractivity contribution in [1.82, 2.24) is 15.5 Å². The molecule has 0 fully saturated rings. The number of nitrogens with one attached hydrogen (secondary N) is 2. The molecule has 8 nitrogen and oxygen atoms in total. The van der Waals surface area contributed by atoms with Crippen molar-refractivity contribution >= 4 is 17.8 Å². The van der Waals surface area contributed by atoms with Crippen LogP contribution in [-0.2, 0) is 16.0 Å². The molecule has 1 amide bonds. The molecule has 2 heterocycles. The van der Waals surface area contributed by atoms with Crippen LogP contribution in [0, 0.1) is 0 Å². The fourth-order valence-electron chi connectivity index (χ4n) is 3.24. The van der Waals surface area contributed by atoms with Gasteiger partial charge in [0.25, 0.3) is 5.91 Å². The van der Waals surface area contributed by atoms with Gasteiger partial charge < -0.3 is 25.0 Å². The Kier molecular flexibility index (Phi) is 7.11. The quantitative estimate of drug-likeness (QED) is 0.509. The van der Waals surface area contributed by atoms with Gasteiger partial charge >= 0.3 is 5.97 Å². The summed E-state index contributed by atoms with van der Waals surface area (Å²) in [5.74, 6) is 1.12. The SMILES string of the molecule is CCOC(=O)CN1CCc2cc(OCCCNC3=NCCCN3)ccc2C1=O. The molecular weight excluding hydrogens is 360 g/mol. The van der Waals surface area contributed by atoms with Gasteiger partial charge in [0.2, 0.25) is 0 Å². The monoisotopic (exact) mass is 388 g/mol. The van der Waals surface area contributed by atoms with Crippen LogP contribution < -0.4 is 15.4 Å². The zero-order chi connectivity index (χ0) is 19.8. The summed E-state index contributed by atoms with van der Waals surface area (Å²) in [5, 5.41) is 6.49. The molecule has 152 valence electrons. The van der Waals surface area contributed by atoms with Crippen molar-refractivity contribution in [3.05, 3.63) is 29.3 Å². The van der Waals surface area contributed by atoms with Crippen LogP contribution in [0.5, 0.6) is 5.75 Å². The average Bonchev–Trinajstić information content (AvgIpc) is 2.71. The Balaban J connectivity index is 1.45. The lowest BCUT2D eigenvalue weighted by Gasteiger charge is -2.28. The van der Waals surface area contributed by atoms with Crippen LogP contribution >= 0.6 is 0 Å². The third kappa shape index (κ3) is 5.37. The number of carbonyl (C=O) groups excluding carboxylic acids is 2. The van der Waals surface area contributed by atoms with Crippen LogP contribution in [0.25, 0.3) is 0 Å². The van der Waals surface area contributed by atoms with E-state index >= 15 is 0 Å². The minimum Gasteiger partial charge on any atom is -0.494 e. The zero-order valence-corrected chi connectivity index (χ0v) is 16.3. The second kappa shape index (κ2) is 9.96. The molecule has 0 saturated heterocycles. The summed E-state index contributed by atoms with van der Waals surface area (Å²) in [4.78, 5) is 30.1. The van der Waals surface area contributed by atoms with Gasteiger partial charge in [0.1, 0.15) is 12.3 Å². The highest BCUT2D eigenvalue weighted by Gasteiger charge is 2.26. The highest BCUT2D eigenvalue weighted by molar-refractivity contribution is 5.98. The molecular formula is C20H28N4O4. The number of nitrogens with zero attached hydrogens (tertiary/aromatic N) is 2. The maximum atomic E-state index is 12.6. The number of carbonyl (C=O) groups is 2. The summed E-state index contributed by atoms with van der Waals surface area (Å²) < 4.78 is 10.8. The molecule has 3 rings (SSSR count). The maximum Gasteiger partial charge on any atom is 0.325 e. The fourth-order valence-corrected chi connectivity index (χ4v) is 3.24. The number of hydrogen-bond acceptors (Lipinski definition) is 7. The van der Waals surface area contributed by atoms with Crippen LogP contribution in [0.4, 0.5) is 0 Å². The van der Waals surface area contributed by atoms with Gasteiger partial charge in [-0.05, 0) is 49.9 Å². The molecule has 2 aliphatic heterocycles. The molecule has 0 aliphatic carbocycles. The summed E-state index contributed by atoms with van der Waals surface area (Å²) in [5.41, 5.74) is 1.59. The molecule has 2 N–H and O–H groups in total. The average molecular weight is 388 g/mol. The molecule has 0 saturated carbocycles. The fraction of sp³-hybridized carbons (Fsp3) is 0.550. The molecule has 0 spiro atoms. The van der Waals surface area contributed by atoms with Gasteiger partial charge in [-0.2, -0.15) is 0 Å². The van der Waals surface area contributed by atoms with Crippen molar-refractivity contribution < 1.29 is 19.1 Å². The van der Waals surface area contributed by atoms with Crippen molar-refractivity contribution in [2.45, 2.75) is 26.2 Å². The van der Waals surface area contributed by atoms with Gasteiger partial charge in [0.15, 0.2) is 5.96 Å². The molecule has 1 aromatic carbocycles. The van der Waals surface area contributed by atoms with Crippen LogP contribution in [0.3, 0.4) is 0 Å². The van der Waals surface area contributed by atoms with Crippen LogP contribution in [0.2, 0.25) is 0 Å². The van der Waals surface area contributed by atoms with E-state index in [2.05, 4.69) is 15.6 Å². The van der Waals surface area contributed by atoms with Crippen LogP contribution in [0.15, 0.2) is 23.2 Å². The summed E-state index contributed by atoms with van der Waals surface area (Å²) >= 11 is 0. The summed E-state index contributed by atoms with van der Waals surface area (Å²) in [6.07, 6.45) is 2.63. The number of benzene rings is 1. The molecule has 2 aliphatic rings. The minimum absolute atomic E-state index is 0.00247. The van der Waals surface area contributed by atoms with Gasteiger partial charge in [-0.3, -0.25) is 14.6 Å². The third-order valence-corrected chi connectivity index (χ3v) is 4.65. The molecule has 8 heteroatoms. The molecule has 0 unspecified atom stereocenters. The number of aliphatic imine (C=N–C) groups is 1. The molecule has 0 aromatic heterocycles. The Morgan fingerprint density at radius 2 is 2.29 bits per heavy atom. The van der Waals surface area contributed by atoms with Crippen molar-refractivity contribution in [3.63, 3.8) is 0 Å². The summed E-state index contributed by atoms with van der Waals surface area (Å²) in [6.45, 7) is 5.79. The number of fused-ring (bicyclic) bond motifs is 1. The van der Waals surface area contributed by atoms with Crippen LogP contribution in [0.1, 0.15) is 35.7 Å². The van der Waals surface area contributed by atoms with Gasteiger partial charge in [-0.25, -0.2) is 0 Å². The minimum atomic E-state index is -0.373. The van der Waals surface area contributed by atoms with Gasteiger partial charge in [-0.15, -0.1) is 0 Å². The van der Waals surface area contributed by atoms with E-state index in [0.29, 0.717) is 31.7 Å². The van der Waals surface area contributed by atoms with E-state index in [-0.39, 0.29) is 18.4 Å². The first-order chi connectivity index (χ1) is 13.7. The number of guanidine groups is 1. The van der Waals surface area contributed by atoms with Crippen molar-refractivity contribution in [2.75, 3.05) is 45.9 Å². The van der Waals surface area contributed by atoms with E-state index in [1.807, 2.05) is 12.1 Å². The van der Waals surface area contributed by atoms with Crippen molar-refractivity contribution in [2.24, 2.45) is 4.99 Å². The maximum absolute atomic E-state index is 12.6. The summed E-state index contributed by atoms with van der Waals surface area (Å²) in [7, 11) is 0. The van der Waals surface area contributed by atoms with E-state index in [1.165, 1.54) is 4.90 Å². The normalized spacial score (nSPS) is 16.0. The highest BCUT2D eigenvalue weighted by Crippen LogP contribution is 2.24. The second-order valence-electron chi connectivity index (χ2n) is 6.74. The van der Waals surface area contributed by atoms with Crippen LogP contribution in [-0.4, -0.2) is 68.7 Å². The molecule has 0 radical (unpaired) electrons. The first-order valence-corrected chi connectivity index (χ1v) is 9.90. The third-order valence-electron chi connectivity index (χ3n) is 4.65. The number of rotatable bonds is 8. The van der Waals surface area contributed by atoms with E-state index < -0.39 is 0 Å². The lowest BCUT2D eigenvalue weighted by atomic mass is 9.98. The van der Waals surface area contributed by atoms with Gasteiger partial charge in [0.05, 0.1) is 13.2 Å².